The van der Waals surface area contributed by atoms with Crippen molar-refractivity contribution in [2.75, 3.05) is 32.8 Å². The van der Waals surface area contributed by atoms with Crippen molar-refractivity contribution in [3.63, 3.8) is 0 Å². The van der Waals surface area contributed by atoms with Gasteiger partial charge in [0.15, 0.2) is 11.5 Å². The predicted octanol–water partition coefficient (Wildman–Crippen LogP) is 1.31. The fourth-order valence-electron chi connectivity index (χ4n) is 3.81. The minimum atomic E-state index is -3.51. The minimum Gasteiger partial charge on any atom is -0.486 e. The number of piperazine rings is 1. The lowest BCUT2D eigenvalue weighted by Crippen LogP contribution is -2.56. The van der Waals surface area contributed by atoms with E-state index in [1.54, 1.807) is 22.5 Å². The number of benzene rings is 1. The van der Waals surface area contributed by atoms with E-state index in [9.17, 15) is 8.42 Å². The smallest absolute Gasteiger partial charge is 0.243 e. The second kappa shape index (κ2) is 5.65. The molecule has 1 aromatic carbocycles. The molecule has 2 saturated heterocycles. The Bertz CT molecular complexity index is 706. The lowest BCUT2D eigenvalue weighted by atomic mass is 10.1. The SMILES string of the molecule is C[C@H]1CN2CCC[C@@H]2CN1S(=O)(=O)c1ccc2c(c1)OCCO2. The molecule has 2 atom stereocenters. The van der Waals surface area contributed by atoms with Crippen LogP contribution in [0.1, 0.15) is 19.8 Å². The van der Waals surface area contributed by atoms with Crippen molar-refractivity contribution < 1.29 is 17.9 Å². The Balaban J connectivity index is 1.64. The third-order valence-electron chi connectivity index (χ3n) is 5.00. The van der Waals surface area contributed by atoms with Gasteiger partial charge in [0.2, 0.25) is 10.0 Å². The summed E-state index contributed by atoms with van der Waals surface area (Å²) >= 11 is 0. The zero-order chi connectivity index (χ0) is 16.0. The van der Waals surface area contributed by atoms with Gasteiger partial charge in [-0.15, -0.1) is 0 Å². The van der Waals surface area contributed by atoms with E-state index in [2.05, 4.69) is 4.90 Å². The number of rotatable bonds is 2. The Morgan fingerprint density at radius 1 is 1.13 bits per heavy atom. The fraction of sp³-hybridized carbons (Fsp3) is 0.625. The summed E-state index contributed by atoms with van der Waals surface area (Å²) in [6, 6.07) is 5.26. The Labute approximate surface area is 137 Å². The van der Waals surface area contributed by atoms with Crippen LogP contribution in [0.3, 0.4) is 0 Å². The van der Waals surface area contributed by atoms with E-state index in [1.807, 2.05) is 6.92 Å². The van der Waals surface area contributed by atoms with E-state index in [0.29, 0.717) is 42.2 Å². The lowest BCUT2D eigenvalue weighted by molar-refractivity contribution is 0.117. The second-order valence-electron chi connectivity index (χ2n) is 6.52. The van der Waals surface area contributed by atoms with Crippen molar-refractivity contribution in [3.8, 4) is 11.5 Å². The van der Waals surface area contributed by atoms with E-state index < -0.39 is 10.0 Å². The number of ether oxygens (including phenoxy) is 2. The summed E-state index contributed by atoms with van der Waals surface area (Å²) in [5.41, 5.74) is 0. The van der Waals surface area contributed by atoms with Gasteiger partial charge in [0.05, 0.1) is 4.90 Å². The molecule has 7 heteroatoms. The molecule has 0 unspecified atom stereocenters. The molecule has 0 aliphatic carbocycles. The van der Waals surface area contributed by atoms with E-state index in [0.717, 1.165) is 25.9 Å². The number of hydrogen-bond acceptors (Lipinski definition) is 5. The van der Waals surface area contributed by atoms with Crippen molar-refractivity contribution in [2.24, 2.45) is 0 Å². The van der Waals surface area contributed by atoms with Gasteiger partial charge in [-0.3, -0.25) is 4.90 Å². The van der Waals surface area contributed by atoms with E-state index >= 15 is 0 Å². The Kier molecular flexibility index (Phi) is 3.74. The van der Waals surface area contributed by atoms with Crippen LogP contribution in [0.25, 0.3) is 0 Å². The first-order valence-corrected chi connectivity index (χ1v) is 9.65. The summed E-state index contributed by atoms with van der Waals surface area (Å²) < 4.78 is 38.8. The van der Waals surface area contributed by atoms with Crippen LogP contribution >= 0.6 is 0 Å². The third kappa shape index (κ3) is 2.60. The molecule has 3 heterocycles. The molecule has 0 bridgehead atoms. The highest BCUT2D eigenvalue weighted by Crippen LogP contribution is 2.35. The zero-order valence-corrected chi connectivity index (χ0v) is 14.1. The van der Waals surface area contributed by atoms with Gasteiger partial charge in [-0.2, -0.15) is 4.31 Å². The largest absolute Gasteiger partial charge is 0.486 e. The van der Waals surface area contributed by atoms with Gasteiger partial charge in [-0.25, -0.2) is 8.42 Å². The number of sulfonamides is 1. The molecule has 0 spiro atoms. The molecule has 0 N–H and O–H groups in total. The van der Waals surface area contributed by atoms with Crippen LogP contribution in [0.2, 0.25) is 0 Å². The lowest BCUT2D eigenvalue weighted by Gasteiger charge is -2.41. The minimum absolute atomic E-state index is 0.0115. The average molecular weight is 338 g/mol. The van der Waals surface area contributed by atoms with Crippen molar-refractivity contribution >= 4 is 10.0 Å². The molecule has 3 aliphatic rings. The normalized spacial score (nSPS) is 28.6. The number of fused-ring (bicyclic) bond motifs is 2. The molecular formula is C16H22N2O4S. The molecule has 2 fully saturated rings. The highest BCUT2D eigenvalue weighted by atomic mass is 32.2. The average Bonchev–Trinajstić information content (AvgIpc) is 3.00. The van der Waals surface area contributed by atoms with Crippen LogP contribution in [0.5, 0.6) is 11.5 Å². The van der Waals surface area contributed by atoms with Gasteiger partial charge in [0, 0.05) is 31.2 Å². The first kappa shape index (κ1) is 15.2. The number of nitrogens with zero attached hydrogens (tertiary/aromatic N) is 2. The van der Waals surface area contributed by atoms with Crippen molar-refractivity contribution in [3.05, 3.63) is 18.2 Å². The summed E-state index contributed by atoms with van der Waals surface area (Å²) in [6.07, 6.45) is 2.25. The predicted molar refractivity (Wildman–Crippen MR) is 85.4 cm³/mol. The van der Waals surface area contributed by atoms with Gasteiger partial charge in [0.1, 0.15) is 13.2 Å². The van der Waals surface area contributed by atoms with E-state index in [4.69, 9.17) is 9.47 Å². The van der Waals surface area contributed by atoms with Crippen LogP contribution in [0.4, 0.5) is 0 Å². The van der Waals surface area contributed by atoms with Crippen LogP contribution < -0.4 is 9.47 Å². The quantitative estimate of drug-likeness (QED) is 0.814. The van der Waals surface area contributed by atoms with Crippen LogP contribution in [0, 0.1) is 0 Å². The molecule has 126 valence electrons. The van der Waals surface area contributed by atoms with Gasteiger partial charge in [-0.05, 0) is 38.4 Å². The Morgan fingerprint density at radius 2 is 1.91 bits per heavy atom. The second-order valence-corrected chi connectivity index (χ2v) is 8.41. The first-order chi connectivity index (χ1) is 11.1. The Morgan fingerprint density at radius 3 is 2.74 bits per heavy atom. The molecule has 0 aromatic heterocycles. The maximum absolute atomic E-state index is 13.1. The molecule has 3 aliphatic heterocycles. The van der Waals surface area contributed by atoms with Gasteiger partial charge >= 0.3 is 0 Å². The third-order valence-corrected chi connectivity index (χ3v) is 6.98. The van der Waals surface area contributed by atoms with Gasteiger partial charge in [0.25, 0.3) is 0 Å². The van der Waals surface area contributed by atoms with Crippen LogP contribution in [-0.2, 0) is 10.0 Å². The first-order valence-electron chi connectivity index (χ1n) is 8.21. The molecule has 0 amide bonds. The van der Waals surface area contributed by atoms with Crippen molar-refractivity contribution in [1.82, 2.24) is 9.21 Å². The summed E-state index contributed by atoms with van der Waals surface area (Å²) in [6.45, 7) is 5.43. The Hall–Kier alpha value is -1.31. The molecule has 0 radical (unpaired) electrons. The summed E-state index contributed by atoms with van der Waals surface area (Å²) in [4.78, 5) is 2.71. The molecule has 23 heavy (non-hydrogen) atoms. The molecule has 6 nitrogen and oxygen atoms in total. The number of hydrogen-bond donors (Lipinski definition) is 0. The monoisotopic (exact) mass is 338 g/mol. The van der Waals surface area contributed by atoms with E-state index in [-0.39, 0.29) is 6.04 Å². The molecule has 4 rings (SSSR count). The van der Waals surface area contributed by atoms with Gasteiger partial charge in [-0.1, -0.05) is 0 Å². The summed E-state index contributed by atoms with van der Waals surface area (Å²) in [5, 5.41) is 0. The summed E-state index contributed by atoms with van der Waals surface area (Å²) in [5.74, 6) is 1.13. The molecule has 0 saturated carbocycles. The summed E-state index contributed by atoms with van der Waals surface area (Å²) in [7, 11) is -3.51. The molecule has 1 aromatic rings. The topological polar surface area (TPSA) is 59.1 Å². The standard InChI is InChI=1S/C16H22N2O4S/c1-12-10-17-6-2-3-13(17)11-18(12)23(19,20)14-4-5-15-16(9-14)22-8-7-21-15/h4-5,9,12-13H,2-3,6-8,10-11H2,1H3/t12-,13+/m0/s1. The van der Waals surface area contributed by atoms with Crippen LogP contribution in [-0.4, -0.2) is 62.6 Å². The maximum Gasteiger partial charge on any atom is 0.243 e. The van der Waals surface area contributed by atoms with Crippen molar-refractivity contribution in [2.45, 2.75) is 36.7 Å². The fourth-order valence-corrected chi connectivity index (χ4v) is 5.49. The zero-order valence-electron chi connectivity index (χ0n) is 13.3. The van der Waals surface area contributed by atoms with Gasteiger partial charge < -0.3 is 9.47 Å². The van der Waals surface area contributed by atoms with Crippen LogP contribution in [0.15, 0.2) is 23.1 Å². The maximum atomic E-state index is 13.1. The van der Waals surface area contributed by atoms with Crippen molar-refractivity contribution in [1.29, 1.82) is 0 Å². The molecular weight excluding hydrogens is 316 g/mol. The highest BCUT2D eigenvalue weighted by molar-refractivity contribution is 7.89. The van der Waals surface area contributed by atoms with E-state index in [1.165, 1.54) is 0 Å². The highest BCUT2D eigenvalue weighted by Gasteiger charge is 2.40.